The maximum absolute atomic E-state index is 6.69. The van der Waals surface area contributed by atoms with Crippen LogP contribution in [-0.4, -0.2) is 0 Å². The third-order valence-electron chi connectivity index (χ3n) is 5.02. The highest BCUT2D eigenvalue weighted by Crippen LogP contribution is 2.41. The van der Waals surface area contributed by atoms with Crippen LogP contribution in [0.5, 0.6) is 11.5 Å². The van der Waals surface area contributed by atoms with Crippen LogP contribution in [0.25, 0.3) is 33.1 Å². The van der Waals surface area contributed by atoms with Gasteiger partial charge in [-0.3, -0.25) is 0 Å². The van der Waals surface area contributed by atoms with Crippen molar-refractivity contribution in [1.29, 1.82) is 0 Å². The first-order valence-corrected chi connectivity index (χ1v) is 9.53. The number of halogens is 1. The molecule has 28 heavy (non-hydrogen) atoms. The van der Waals surface area contributed by atoms with Gasteiger partial charge in [0.1, 0.15) is 22.7 Å². The Kier molecular flexibility index (Phi) is 4.07. The highest BCUT2D eigenvalue weighted by Gasteiger charge is 2.15. The van der Waals surface area contributed by atoms with Crippen LogP contribution >= 0.6 is 11.6 Å². The Morgan fingerprint density at radius 1 is 0.714 bits per heavy atom. The van der Waals surface area contributed by atoms with E-state index in [1.165, 1.54) is 0 Å². The van der Waals surface area contributed by atoms with Gasteiger partial charge in [-0.05, 0) is 36.8 Å². The van der Waals surface area contributed by atoms with Crippen molar-refractivity contribution in [1.82, 2.24) is 0 Å². The molecule has 3 heteroatoms. The molecule has 1 aromatic heterocycles. The first-order chi connectivity index (χ1) is 13.7. The second kappa shape index (κ2) is 6.74. The minimum absolute atomic E-state index is 0.602. The number of para-hydroxylation sites is 1. The number of hydrogen-bond donors (Lipinski definition) is 0. The maximum Gasteiger partial charge on any atom is 0.146 e. The predicted octanol–water partition coefficient (Wildman–Crippen LogP) is 8.01. The van der Waals surface area contributed by atoms with Crippen molar-refractivity contribution in [3.8, 4) is 22.6 Å². The maximum atomic E-state index is 6.69. The molecule has 136 valence electrons. The number of rotatable bonds is 3. The molecule has 2 nitrogen and oxygen atoms in total. The Morgan fingerprint density at radius 2 is 1.50 bits per heavy atom. The van der Waals surface area contributed by atoms with E-state index in [1.807, 2.05) is 78.9 Å². The summed E-state index contributed by atoms with van der Waals surface area (Å²) in [5, 5.41) is 2.76. The lowest BCUT2D eigenvalue weighted by Crippen LogP contribution is -1.90. The fourth-order valence-electron chi connectivity index (χ4n) is 3.63. The van der Waals surface area contributed by atoms with Crippen LogP contribution in [0.4, 0.5) is 0 Å². The highest BCUT2D eigenvalue weighted by atomic mass is 35.5. The number of fused-ring (bicyclic) bond motifs is 3. The first kappa shape index (κ1) is 16.9. The van der Waals surface area contributed by atoms with E-state index in [0.29, 0.717) is 10.8 Å². The summed E-state index contributed by atoms with van der Waals surface area (Å²) in [5.74, 6) is 1.41. The van der Waals surface area contributed by atoms with E-state index in [1.54, 1.807) is 0 Å². The Balaban J connectivity index is 1.61. The average molecular weight is 385 g/mol. The van der Waals surface area contributed by atoms with Gasteiger partial charge in [0.05, 0.1) is 5.02 Å². The molecule has 0 saturated heterocycles. The molecule has 0 fully saturated rings. The molecule has 0 spiro atoms. The largest absolute Gasteiger partial charge is 0.456 e. The summed E-state index contributed by atoms with van der Waals surface area (Å²) in [6, 6.07) is 27.9. The number of benzene rings is 4. The van der Waals surface area contributed by atoms with E-state index >= 15 is 0 Å². The van der Waals surface area contributed by atoms with Gasteiger partial charge in [-0.2, -0.15) is 0 Å². The zero-order valence-electron chi connectivity index (χ0n) is 15.3. The topological polar surface area (TPSA) is 22.4 Å². The molecule has 1 heterocycles. The second-order valence-corrected chi connectivity index (χ2v) is 7.12. The minimum atomic E-state index is 0.602. The van der Waals surface area contributed by atoms with Gasteiger partial charge in [0.2, 0.25) is 0 Å². The lowest BCUT2D eigenvalue weighted by molar-refractivity contribution is 0.480. The van der Waals surface area contributed by atoms with E-state index < -0.39 is 0 Å². The Morgan fingerprint density at radius 3 is 2.36 bits per heavy atom. The Labute approximate surface area is 167 Å². The lowest BCUT2D eigenvalue weighted by Gasteiger charge is -2.13. The summed E-state index contributed by atoms with van der Waals surface area (Å²) in [6.07, 6.45) is 0. The van der Waals surface area contributed by atoms with Crippen LogP contribution in [-0.2, 0) is 0 Å². The molecule has 0 aliphatic carbocycles. The zero-order chi connectivity index (χ0) is 19.1. The normalized spacial score (nSPS) is 11.2. The Hall–Kier alpha value is -3.23. The summed E-state index contributed by atoms with van der Waals surface area (Å²) in [5.41, 5.74) is 4.78. The van der Waals surface area contributed by atoms with Crippen LogP contribution < -0.4 is 4.74 Å². The van der Waals surface area contributed by atoms with Gasteiger partial charge < -0.3 is 9.15 Å². The molecular formula is C25H17ClO2. The van der Waals surface area contributed by atoms with Crippen molar-refractivity contribution in [3.63, 3.8) is 0 Å². The van der Waals surface area contributed by atoms with Gasteiger partial charge in [-0.15, -0.1) is 0 Å². The average Bonchev–Trinajstić information content (AvgIpc) is 3.11. The van der Waals surface area contributed by atoms with Crippen LogP contribution in [0.15, 0.2) is 89.3 Å². The van der Waals surface area contributed by atoms with Gasteiger partial charge in [0.25, 0.3) is 0 Å². The van der Waals surface area contributed by atoms with Crippen molar-refractivity contribution in [3.05, 3.63) is 95.5 Å². The standard InChI is InChI=1S/C25H17ClO2/c1-16-20(14-15-22-24(16)19-10-5-6-12-21(19)28-22)27-23-13-7-11-18(25(23)26)17-8-3-2-4-9-17/h2-15H,1H3. The first-order valence-electron chi connectivity index (χ1n) is 9.15. The van der Waals surface area contributed by atoms with Gasteiger partial charge >= 0.3 is 0 Å². The van der Waals surface area contributed by atoms with E-state index in [4.69, 9.17) is 20.8 Å². The molecule has 0 bridgehead atoms. The monoisotopic (exact) mass is 384 g/mol. The summed E-state index contributed by atoms with van der Waals surface area (Å²) >= 11 is 6.69. The van der Waals surface area contributed by atoms with Gasteiger partial charge in [0, 0.05) is 21.9 Å². The van der Waals surface area contributed by atoms with Crippen molar-refractivity contribution in [2.75, 3.05) is 0 Å². The van der Waals surface area contributed by atoms with E-state index in [0.717, 1.165) is 44.4 Å². The summed E-state index contributed by atoms with van der Waals surface area (Å²) in [6.45, 7) is 2.05. The molecule has 5 rings (SSSR count). The molecule has 0 N–H and O–H groups in total. The number of ether oxygens (including phenoxy) is 1. The quantitative estimate of drug-likeness (QED) is 0.314. The third kappa shape index (κ3) is 2.74. The number of furan rings is 1. The number of hydrogen-bond acceptors (Lipinski definition) is 2. The van der Waals surface area contributed by atoms with Gasteiger partial charge in [-0.1, -0.05) is 72.3 Å². The lowest BCUT2D eigenvalue weighted by atomic mass is 10.1. The summed E-state index contributed by atoms with van der Waals surface area (Å²) in [4.78, 5) is 0. The van der Waals surface area contributed by atoms with E-state index in [2.05, 4.69) is 13.0 Å². The van der Waals surface area contributed by atoms with Gasteiger partial charge in [0.15, 0.2) is 0 Å². The number of aryl methyl sites for hydroxylation is 1. The van der Waals surface area contributed by atoms with Crippen molar-refractivity contribution in [2.24, 2.45) is 0 Å². The molecular weight excluding hydrogens is 368 g/mol. The van der Waals surface area contributed by atoms with Crippen LogP contribution in [0.2, 0.25) is 5.02 Å². The van der Waals surface area contributed by atoms with Crippen molar-refractivity contribution in [2.45, 2.75) is 6.92 Å². The fraction of sp³-hybridized carbons (Fsp3) is 0.0400. The molecule has 0 atom stereocenters. The van der Waals surface area contributed by atoms with Crippen molar-refractivity contribution >= 4 is 33.5 Å². The third-order valence-corrected chi connectivity index (χ3v) is 5.41. The highest BCUT2D eigenvalue weighted by molar-refractivity contribution is 6.34. The molecule has 0 aliphatic heterocycles. The molecule has 0 radical (unpaired) electrons. The van der Waals surface area contributed by atoms with E-state index in [9.17, 15) is 0 Å². The molecule has 0 amide bonds. The molecule has 0 unspecified atom stereocenters. The molecule has 0 aliphatic rings. The summed E-state index contributed by atoms with van der Waals surface area (Å²) in [7, 11) is 0. The predicted molar refractivity (Wildman–Crippen MR) is 115 cm³/mol. The molecule has 4 aromatic carbocycles. The smallest absolute Gasteiger partial charge is 0.146 e. The van der Waals surface area contributed by atoms with E-state index in [-0.39, 0.29) is 0 Å². The fourth-order valence-corrected chi connectivity index (χ4v) is 3.90. The van der Waals surface area contributed by atoms with Crippen LogP contribution in [0, 0.1) is 6.92 Å². The molecule has 5 aromatic rings. The SMILES string of the molecule is Cc1c(Oc2cccc(-c3ccccc3)c2Cl)ccc2oc3ccccc3c12. The zero-order valence-corrected chi connectivity index (χ0v) is 16.0. The second-order valence-electron chi connectivity index (χ2n) is 6.75. The van der Waals surface area contributed by atoms with Crippen molar-refractivity contribution < 1.29 is 9.15 Å². The van der Waals surface area contributed by atoms with Crippen LogP contribution in [0.3, 0.4) is 0 Å². The molecule has 0 saturated carbocycles. The Bertz CT molecular complexity index is 1300. The van der Waals surface area contributed by atoms with Crippen LogP contribution in [0.1, 0.15) is 5.56 Å². The van der Waals surface area contributed by atoms with Gasteiger partial charge in [-0.25, -0.2) is 0 Å². The minimum Gasteiger partial charge on any atom is -0.456 e. The summed E-state index contributed by atoms with van der Waals surface area (Å²) < 4.78 is 12.2.